The third kappa shape index (κ3) is 2.57. The van der Waals surface area contributed by atoms with Crippen molar-refractivity contribution in [3.63, 3.8) is 0 Å². The van der Waals surface area contributed by atoms with Crippen molar-refractivity contribution >= 4 is 5.91 Å². The number of rotatable bonds is 4. The summed E-state index contributed by atoms with van der Waals surface area (Å²) in [5.74, 6) is 0.511. The van der Waals surface area contributed by atoms with Crippen molar-refractivity contribution in [2.75, 3.05) is 7.11 Å². The minimum absolute atomic E-state index is 0.106. The smallest absolute Gasteiger partial charge is 0.255 e. The molecule has 0 bridgehead atoms. The van der Waals surface area contributed by atoms with E-state index in [1.54, 1.807) is 6.07 Å². The zero-order chi connectivity index (χ0) is 13.0. The van der Waals surface area contributed by atoms with Gasteiger partial charge in [-0.2, -0.15) is 5.10 Å². The predicted octanol–water partition coefficient (Wildman–Crippen LogP) is 0.449. The fraction of sp³-hybridized carbons (Fsp3) is 0.182. The highest BCUT2D eigenvalue weighted by atomic mass is 16.5. The molecule has 0 radical (unpaired) electrons. The van der Waals surface area contributed by atoms with Crippen LogP contribution < -0.4 is 10.1 Å². The first-order valence-electron chi connectivity index (χ1n) is 5.20. The van der Waals surface area contributed by atoms with Gasteiger partial charge in [-0.15, -0.1) is 0 Å². The molecule has 2 aromatic rings. The maximum atomic E-state index is 11.8. The van der Waals surface area contributed by atoms with Crippen LogP contribution in [0.4, 0.5) is 0 Å². The Kier molecular flexibility index (Phi) is 3.42. The molecule has 0 aliphatic rings. The van der Waals surface area contributed by atoms with Gasteiger partial charge in [0, 0.05) is 0 Å². The van der Waals surface area contributed by atoms with Crippen LogP contribution in [0.5, 0.6) is 11.5 Å². The lowest BCUT2D eigenvalue weighted by molar-refractivity contribution is 0.0947. The third-order valence-corrected chi connectivity index (χ3v) is 2.33. The molecule has 7 heteroatoms. The number of benzene rings is 1. The van der Waals surface area contributed by atoms with Crippen LogP contribution >= 0.6 is 0 Å². The molecule has 7 nitrogen and oxygen atoms in total. The first kappa shape index (κ1) is 11.9. The van der Waals surface area contributed by atoms with Crippen molar-refractivity contribution in [1.29, 1.82) is 0 Å². The number of phenols is 1. The van der Waals surface area contributed by atoms with E-state index < -0.39 is 5.91 Å². The van der Waals surface area contributed by atoms with Crippen LogP contribution in [-0.4, -0.2) is 33.3 Å². The fourth-order valence-electron chi connectivity index (χ4n) is 1.40. The first-order chi connectivity index (χ1) is 8.70. The van der Waals surface area contributed by atoms with Gasteiger partial charge in [-0.05, 0) is 18.2 Å². The lowest BCUT2D eigenvalue weighted by Crippen LogP contribution is -2.23. The van der Waals surface area contributed by atoms with E-state index >= 15 is 0 Å². The number of H-pyrrole nitrogens is 1. The number of nitrogens with zero attached hydrogens (tertiary/aromatic N) is 2. The summed E-state index contributed by atoms with van der Waals surface area (Å²) in [5.41, 5.74) is 0.147. The van der Waals surface area contributed by atoms with Crippen LogP contribution in [0.2, 0.25) is 0 Å². The largest absolute Gasteiger partial charge is 0.507 e. The molecule has 1 aromatic heterocycles. The second-order valence-electron chi connectivity index (χ2n) is 3.50. The summed E-state index contributed by atoms with van der Waals surface area (Å²) in [6, 6.07) is 4.44. The zero-order valence-corrected chi connectivity index (χ0v) is 9.67. The molecule has 0 unspecified atom stereocenters. The van der Waals surface area contributed by atoms with Gasteiger partial charge in [-0.25, -0.2) is 4.98 Å². The van der Waals surface area contributed by atoms with Crippen molar-refractivity contribution in [3.05, 3.63) is 35.9 Å². The molecule has 0 aliphatic carbocycles. The van der Waals surface area contributed by atoms with Crippen molar-refractivity contribution in [3.8, 4) is 11.5 Å². The number of aromatic nitrogens is 3. The van der Waals surface area contributed by atoms with Gasteiger partial charge in [0.15, 0.2) is 0 Å². The highest BCUT2D eigenvalue weighted by Gasteiger charge is 2.12. The number of hydrogen-bond donors (Lipinski definition) is 3. The zero-order valence-electron chi connectivity index (χ0n) is 9.67. The van der Waals surface area contributed by atoms with Gasteiger partial charge < -0.3 is 15.2 Å². The molecule has 0 saturated heterocycles. The van der Waals surface area contributed by atoms with Gasteiger partial charge in [0.05, 0.1) is 19.2 Å². The van der Waals surface area contributed by atoms with E-state index in [-0.39, 0.29) is 17.9 Å². The van der Waals surface area contributed by atoms with E-state index in [1.165, 1.54) is 25.6 Å². The van der Waals surface area contributed by atoms with Crippen LogP contribution in [0.3, 0.4) is 0 Å². The number of phenolic OH excluding ortho intramolecular Hbond substituents is 1. The number of aromatic amines is 1. The Morgan fingerprint density at radius 1 is 1.56 bits per heavy atom. The van der Waals surface area contributed by atoms with Gasteiger partial charge in [0.1, 0.15) is 23.7 Å². The Morgan fingerprint density at radius 3 is 3.06 bits per heavy atom. The predicted molar refractivity (Wildman–Crippen MR) is 62.2 cm³/mol. The minimum Gasteiger partial charge on any atom is -0.507 e. The molecule has 1 amide bonds. The maximum Gasteiger partial charge on any atom is 0.255 e. The quantitative estimate of drug-likeness (QED) is 0.729. The molecule has 0 saturated carbocycles. The Bertz CT molecular complexity index is 539. The number of carbonyl (C=O) groups is 1. The van der Waals surface area contributed by atoms with Gasteiger partial charge in [0.2, 0.25) is 0 Å². The lowest BCUT2D eigenvalue weighted by atomic mass is 10.1. The van der Waals surface area contributed by atoms with Gasteiger partial charge in [-0.1, -0.05) is 0 Å². The number of amides is 1. The van der Waals surface area contributed by atoms with Gasteiger partial charge in [-0.3, -0.25) is 9.89 Å². The van der Waals surface area contributed by atoms with Crippen LogP contribution in [0.1, 0.15) is 16.2 Å². The Morgan fingerprint density at radius 2 is 2.39 bits per heavy atom. The molecule has 3 N–H and O–H groups in total. The average molecular weight is 248 g/mol. The number of aromatic hydroxyl groups is 1. The van der Waals surface area contributed by atoms with E-state index in [0.29, 0.717) is 11.6 Å². The molecule has 0 spiro atoms. The number of nitrogens with one attached hydrogen (secondary N) is 2. The minimum atomic E-state index is -0.414. The van der Waals surface area contributed by atoms with Crippen LogP contribution in [0.15, 0.2) is 24.5 Å². The standard InChI is InChI=1S/C11H12N4O3/c1-18-7-2-3-9(16)8(4-7)11(17)12-5-10-13-6-14-15-10/h2-4,6,16H,5H2,1H3,(H,12,17)(H,13,14,15). The number of carbonyl (C=O) groups excluding carboxylic acids is 1. The monoisotopic (exact) mass is 248 g/mol. The highest BCUT2D eigenvalue weighted by molar-refractivity contribution is 5.97. The van der Waals surface area contributed by atoms with E-state index in [0.717, 1.165) is 0 Å². The molecule has 0 fully saturated rings. The summed E-state index contributed by atoms with van der Waals surface area (Å²) in [4.78, 5) is 15.7. The fourth-order valence-corrected chi connectivity index (χ4v) is 1.40. The van der Waals surface area contributed by atoms with Crippen molar-refractivity contribution in [2.45, 2.75) is 6.54 Å². The van der Waals surface area contributed by atoms with Crippen LogP contribution in [0, 0.1) is 0 Å². The topological polar surface area (TPSA) is 100 Å². The summed E-state index contributed by atoms with van der Waals surface area (Å²) in [6.07, 6.45) is 1.35. The Labute approximate surface area is 103 Å². The van der Waals surface area contributed by atoms with Gasteiger partial charge in [0.25, 0.3) is 5.91 Å². The summed E-state index contributed by atoms with van der Waals surface area (Å²) in [7, 11) is 1.49. The highest BCUT2D eigenvalue weighted by Crippen LogP contribution is 2.22. The van der Waals surface area contributed by atoms with Crippen molar-refractivity contribution in [1.82, 2.24) is 20.5 Å². The van der Waals surface area contributed by atoms with Crippen molar-refractivity contribution < 1.29 is 14.6 Å². The van der Waals surface area contributed by atoms with E-state index in [2.05, 4.69) is 20.5 Å². The molecular formula is C11H12N4O3. The molecule has 18 heavy (non-hydrogen) atoms. The number of hydrogen-bond acceptors (Lipinski definition) is 5. The molecule has 0 aliphatic heterocycles. The molecule has 1 heterocycles. The van der Waals surface area contributed by atoms with Crippen LogP contribution in [-0.2, 0) is 6.54 Å². The summed E-state index contributed by atoms with van der Waals surface area (Å²) < 4.78 is 4.99. The van der Waals surface area contributed by atoms with E-state index in [4.69, 9.17) is 4.74 Å². The first-order valence-corrected chi connectivity index (χ1v) is 5.20. The molecule has 1 aromatic carbocycles. The number of methoxy groups -OCH3 is 1. The normalized spacial score (nSPS) is 10.1. The van der Waals surface area contributed by atoms with Gasteiger partial charge >= 0.3 is 0 Å². The van der Waals surface area contributed by atoms with Crippen molar-refractivity contribution in [2.24, 2.45) is 0 Å². The molecule has 2 rings (SSSR count). The molecular weight excluding hydrogens is 236 g/mol. The number of ether oxygens (including phenoxy) is 1. The van der Waals surface area contributed by atoms with E-state index in [9.17, 15) is 9.90 Å². The molecule has 94 valence electrons. The second kappa shape index (κ2) is 5.17. The average Bonchev–Trinajstić information content (AvgIpc) is 2.89. The molecule has 0 atom stereocenters. The second-order valence-corrected chi connectivity index (χ2v) is 3.50. The third-order valence-electron chi connectivity index (χ3n) is 2.33. The summed E-state index contributed by atoms with van der Waals surface area (Å²) >= 11 is 0. The van der Waals surface area contributed by atoms with Crippen LogP contribution in [0.25, 0.3) is 0 Å². The SMILES string of the molecule is COc1ccc(O)c(C(=O)NCc2ncn[nH]2)c1. The summed E-state index contributed by atoms with van der Waals surface area (Å²) in [6.45, 7) is 0.204. The Balaban J connectivity index is 2.08. The summed E-state index contributed by atoms with van der Waals surface area (Å²) in [5, 5.41) is 18.5. The maximum absolute atomic E-state index is 11.8. The Hall–Kier alpha value is -2.57. The van der Waals surface area contributed by atoms with E-state index in [1.807, 2.05) is 0 Å². The lowest BCUT2D eigenvalue weighted by Gasteiger charge is -2.07.